The van der Waals surface area contributed by atoms with Crippen molar-refractivity contribution in [3.8, 4) is 5.75 Å². The molecule has 0 aliphatic heterocycles. The number of nitro groups is 1. The number of anilines is 1. The standard InChI is InChI=1S/C14H12BrClN2O3/c1-21-14-5-3-10(7-13(14)18(19)20)17-8-9-2-4-11(15)12(16)6-9/h2-7,17H,8H2,1H3. The van der Waals surface area contributed by atoms with Gasteiger partial charge in [0.05, 0.1) is 17.1 Å². The van der Waals surface area contributed by atoms with Gasteiger partial charge in [0.1, 0.15) is 0 Å². The quantitative estimate of drug-likeness (QED) is 0.614. The van der Waals surface area contributed by atoms with Gasteiger partial charge < -0.3 is 10.1 Å². The zero-order valence-electron chi connectivity index (χ0n) is 11.1. The lowest BCUT2D eigenvalue weighted by molar-refractivity contribution is -0.385. The van der Waals surface area contributed by atoms with Crippen LogP contribution in [0.25, 0.3) is 0 Å². The van der Waals surface area contributed by atoms with Gasteiger partial charge in [-0.15, -0.1) is 0 Å². The molecule has 7 heteroatoms. The maximum absolute atomic E-state index is 11.0. The van der Waals surface area contributed by atoms with E-state index in [0.29, 0.717) is 17.3 Å². The summed E-state index contributed by atoms with van der Waals surface area (Å²) in [4.78, 5) is 10.5. The number of ether oxygens (including phenoxy) is 1. The van der Waals surface area contributed by atoms with Crippen molar-refractivity contribution in [3.63, 3.8) is 0 Å². The minimum Gasteiger partial charge on any atom is -0.490 e. The molecule has 5 nitrogen and oxygen atoms in total. The Bertz CT molecular complexity index is 679. The summed E-state index contributed by atoms with van der Waals surface area (Å²) in [5, 5.41) is 14.7. The molecule has 1 N–H and O–H groups in total. The highest BCUT2D eigenvalue weighted by Gasteiger charge is 2.14. The van der Waals surface area contributed by atoms with Crippen LogP contribution >= 0.6 is 27.5 Å². The van der Waals surface area contributed by atoms with E-state index in [0.717, 1.165) is 10.0 Å². The summed E-state index contributed by atoms with van der Waals surface area (Å²) >= 11 is 9.35. The lowest BCUT2D eigenvalue weighted by Crippen LogP contribution is -2.01. The second-order valence-corrected chi connectivity index (χ2v) is 5.51. The molecule has 0 radical (unpaired) electrons. The highest BCUT2D eigenvalue weighted by Crippen LogP contribution is 2.30. The molecular formula is C14H12BrClN2O3. The number of nitrogens with zero attached hydrogens (tertiary/aromatic N) is 1. The van der Waals surface area contributed by atoms with Crippen LogP contribution in [-0.2, 0) is 6.54 Å². The number of nitro benzene ring substituents is 1. The molecule has 0 unspecified atom stereocenters. The van der Waals surface area contributed by atoms with E-state index in [9.17, 15) is 10.1 Å². The molecule has 0 fully saturated rings. The first-order valence-electron chi connectivity index (χ1n) is 6.01. The highest BCUT2D eigenvalue weighted by molar-refractivity contribution is 9.10. The minimum atomic E-state index is -0.472. The second-order valence-electron chi connectivity index (χ2n) is 4.25. The number of hydrogen-bond acceptors (Lipinski definition) is 4. The van der Waals surface area contributed by atoms with Crippen LogP contribution in [-0.4, -0.2) is 12.0 Å². The van der Waals surface area contributed by atoms with E-state index >= 15 is 0 Å². The van der Waals surface area contributed by atoms with Crippen molar-refractivity contribution in [1.29, 1.82) is 0 Å². The van der Waals surface area contributed by atoms with E-state index in [1.807, 2.05) is 18.2 Å². The summed E-state index contributed by atoms with van der Waals surface area (Å²) in [6.45, 7) is 0.510. The van der Waals surface area contributed by atoms with Gasteiger partial charge in [0.25, 0.3) is 0 Å². The van der Waals surface area contributed by atoms with Crippen molar-refractivity contribution >= 4 is 38.9 Å². The van der Waals surface area contributed by atoms with Gasteiger partial charge in [0.2, 0.25) is 0 Å². The molecule has 2 aromatic rings. The molecule has 21 heavy (non-hydrogen) atoms. The van der Waals surface area contributed by atoms with Crippen molar-refractivity contribution in [2.24, 2.45) is 0 Å². The molecule has 0 aromatic heterocycles. The van der Waals surface area contributed by atoms with E-state index in [1.54, 1.807) is 12.1 Å². The Morgan fingerprint density at radius 3 is 2.71 bits per heavy atom. The van der Waals surface area contributed by atoms with Gasteiger partial charge in [-0.05, 0) is 45.8 Å². The molecule has 0 bridgehead atoms. The lowest BCUT2D eigenvalue weighted by atomic mass is 10.2. The van der Waals surface area contributed by atoms with Crippen LogP contribution in [0.5, 0.6) is 5.75 Å². The van der Waals surface area contributed by atoms with Gasteiger partial charge in [-0.1, -0.05) is 17.7 Å². The zero-order valence-corrected chi connectivity index (χ0v) is 13.4. The first-order chi connectivity index (χ1) is 10.0. The molecule has 0 aliphatic carbocycles. The largest absolute Gasteiger partial charge is 0.490 e. The first kappa shape index (κ1) is 15.6. The minimum absolute atomic E-state index is 0.0728. The first-order valence-corrected chi connectivity index (χ1v) is 7.18. The molecule has 2 aromatic carbocycles. The van der Waals surface area contributed by atoms with Crippen LogP contribution in [0.3, 0.4) is 0 Å². The van der Waals surface area contributed by atoms with Crippen molar-refractivity contribution in [3.05, 3.63) is 61.6 Å². The Labute approximate surface area is 135 Å². The van der Waals surface area contributed by atoms with E-state index < -0.39 is 4.92 Å². The fourth-order valence-corrected chi connectivity index (χ4v) is 2.25. The molecule has 0 heterocycles. The third-order valence-electron chi connectivity index (χ3n) is 2.86. The van der Waals surface area contributed by atoms with Crippen molar-refractivity contribution in [2.45, 2.75) is 6.54 Å². The smallest absolute Gasteiger partial charge is 0.312 e. The van der Waals surface area contributed by atoms with Gasteiger partial charge in [0.15, 0.2) is 5.75 Å². The summed E-state index contributed by atoms with van der Waals surface area (Å²) in [5.74, 6) is 0.234. The molecule has 110 valence electrons. The van der Waals surface area contributed by atoms with Gasteiger partial charge >= 0.3 is 5.69 Å². The van der Waals surface area contributed by atoms with E-state index in [4.69, 9.17) is 16.3 Å². The number of nitrogens with one attached hydrogen (secondary N) is 1. The maximum Gasteiger partial charge on any atom is 0.312 e. The molecule has 0 spiro atoms. The number of halogens is 2. The summed E-state index contributed by atoms with van der Waals surface area (Å²) < 4.78 is 5.79. The summed E-state index contributed by atoms with van der Waals surface area (Å²) in [7, 11) is 1.40. The Kier molecular flexibility index (Phi) is 5.03. The molecular weight excluding hydrogens is 360 g/mol. The summed E-state index contributed by atoms with van der Waals surface area (Å²) in [6, 6.07) is 10.3. The van der Waals surface area contributed by atoms with Crippen LogP contribution in [0.15, 0.2) is 40.9 Å². The van der Waals surface area contributed by atoms with Crippen LogP contribution < -0.4 is 10.1 Å². The Morgan fingerprint density at radius 1 is 1.33 bits per heavy atom. The SMILES string of the molecule is COc1ccc(NCc2ccc(Br)c(Cl)c2)cc1[N+](=O)[O-]. The highest BCUT2D eigenvalue weighted by atomic mass is 79.9. The molecule has 0 saturated heterocycles. The van der Waals surface area contributed by atoms with Gasteiger partial charge in [-0.25, -0.2) is 0 Å². The maximum atomic E-state index is 11.0. The van der Waals surface area contributed by atoms with Crippen molar-refractivity contribution in [1.82, 2.24) is 0 Å². The topological polar surface area (TPSA) is 64.4 Å². The van der Waals surface area contributed by atoms with Crippen molar-refractivity contribution in [2.75, 3.05) is 12.4 Å². The zero-order chi connectivity index (χ0) is 15.4. The second kappa shape index (κ2) is 6.78. The van der Waals surface area contributed by atoms with Crippen LogP contribution in [0.1, 0.15) is 5.56 Å². The fraction of sp³-hybridized carbons (Fsp3) is 0.143. The number of hydrogen-bond donors (Lipinski definition) is 1. The molecule has 2 rings (SSSR count). The van der Waals surface area contributed by atoms with Crippen LogP contribution in [0.4, 0.5) is 11.4 Å². The predicted octanol–water partition coefficient (Wildman–Crippen LogP) is 4.63. The monoisotopic (exact) mass is 370 g/mol. The summed E-state index contributed by atoms with van der Waals surface area (Å²) in [5.41, 5.74) is 1.54. The third-order valence-corrected chi connectivity index (χ3v) is 4.09. The number of rotatable bonds is 5. The normalized spacial score (nSPS) is 10.2. The molecule has 0 aliphatic rings. The summed E-state index contributed by atoms with van der Waals surface area (Å²) in [6.07, 6.45) is 0. The average molecular weight is 372 g/mol. The fourth-order valence-electron chi connectivity index (χ4n) is 1.80. The average Bonchev–Trinajstić information content (AvgIpc) is 2.48. The van der Waals surface area contributed by atoms with E-state index in [2.05, 4.69) is 21.2 Å². The van der Waals surface area contributed by atoms with E-state index in [-0.39, 0.29) is 11.4 Å². The Balaban J connectivity index is 2.14. The van der Waals surface area contributed by atoms with Crippen LogP contribution in [0.2, 0.25) is 5.02 Å². The lowest BCUT2D eigenvalue weighted by Gasteiger charge is -2.09. The molecule has 0 saturated carbocycles. The Hall–Kier alpha value is -1.79. The molecule has 0 amide bonds. The third kappa shape index (κ3) is 3.86. The number of methoxy groups -OCH3 is 1. The molecule has 0 atom stereocenters. The van der Waals surface area contributed by atoms with Gasteiger partial charge in [-0.3, -0.25) is 10.1 Å². The number of benzene rings is 2. The van der Waals surface area contributed by atoms with E-state index in [1.165, 1.54) is 13.2 Å². The van der Waals surface area contributed by atoms with Crippen LogP contribution in [0, 0.1) is 10.1 Å². The van der Waals surface area contributed by atoms with Crippen molar-refractivity contribution < 1.29 is 9.66 Å². The Morgan fingerprint density at radius 2 is 2.10 bits per heavy atom. The predicted molar refractivity (Wildman–Crippen MR) is 86.1 cm³/mol. The van der Waals surface area contributed by atoms with Gasteiger partial charge in [-0.2, -0.15) is 0 Å². The van der Waals surface area contributed by atoms with Gasteiger partial charge in [0, 0.05) is 22.8 Å².